The first-order chi connectivity index (χ1) is 10.1. The predicted molar refractivity (Wildman–Crippen MR) is 81.0 cm³/mol. The van der Waals surface area contributed by atoms with Crippen molar-refractivity contribution in [2.75, 3.05) is 5.43 Å². The van der Waals surface area contributed by atoms with Crippen molar-refractivity contribution in [3.63, 3.8) is 0 Å². The lowest BCUT2D eigenvalue weighted by atomic mass is 10.3. The van der Waals surface area contributed by atoms with Gasteiger partial charge in [-0.2, -0.15) is 15.1 Å². The number of nitrogen functional groups attached to an aromatic ring is 1. The topological polar surface area (TPSA) is 102 Å². The molecule has 21 heavy (non-hydrogen) atoms. The molecule has 10 heteroatoms. The van der Waals surface area contributed by atoms with Crippen LogP contribution >= 0.6 is 34.8 Å². The van der Waals surface area contributed by atoms with Gasteiger partial charge in [0, 0.05) is 6.07 Å². The third kappa shape index (κ3) is 2.68. The number of hydrogen-bond acceptors (Lipinski definition) is 6. The highest BCUT2D eigenvalue weighted by molar-refractivity contribution is 6.43. The zero-order valence-corrected chi connectivity index (χ0v) is 12.5. The number of ether oxygens (including phenoxy) is 1. The van der Waals surface area contributed by atoms with Gasteiger partial charge in [-0.3, -0.25) is 10.5 Å². The molecule has 0 saturated heterocycles. The summed E-state index contributed by atoms with van der Waals surface area (Å²) >= 11 is 17.9. The number of nitrogens with zero attached hydrogens (tertiary/aromatic N) is 3. The lowest BCUT2D eigenvalue weighted by Gasteiger charge is -2.09. The number of anilines is 1. The highest BCUT2D eigenvalue weighted by atomic mass is 35.5. The second kappa shape index (κ2) is 5.53. The smallest absolute Gasteiger partial charge is 0.242 e. The van der Waals surface area contributed by atoms with Gasteiger partial charge in [-0.25, -0.2) is 5.84 Å². The van der Waals surface area contributed by atoms with Crippen LogP contribution in [0.1, 0.15) is 0 Å². The Bertz CT molecular complexity index is 821. The standard InChI is InChI=1S/C11H7Cl3N6O/c12-5-1-7(14)8(2-6(5)13)21-10-4-3-16-20-9(4)17-11(18-10)19-15/h1-3H,15H2,(H2,16,17,18,19,20). The second-order valence-corrected chi connectivity index (χ2v) is 5.15. The summed E-state index contributed by atoms with van der Waals surface area (Å²) in [5.41, 5.74) is 2.80. The Morgan fingerprint density at radius 2 is 1.86 bits per heavy atom. The van der Waals surface area contributed by atoms with E-state index in [0.29, 0.717) is 31.9 Å². The number of halogens is 3. The van der Waals surface area contributed by atoms with Gasteiger partial charge in [-0.05, 0) is 6.07 Å². The van der Waals surface area contributed by atoms with E-state index < -0.39 is 0 Å². The first-order valence-electron chi connectivity index (χ1n) is 5.58. The molecule has 0 saturated carbocycles. The summed E-state index contributed by atoms with van der Waals surface area (Å²) in [7, 11) is 0. The molecule has 2 heterocycles. The van der Waals surface area contributed by atoms with Crippen LogP contribution in [0.4, 0.5) is 5.95 Å². The molecule has 0 radical (unpaired) electrons. The molecule has 3 rings (SSSR count). The molecule has 0 fully saturated rings. The van der Waals surface area contributed by atoms with E-state index in [1.54, 1.807) is 0 Å². The molecule has 3 aromatic rings. The van der Waals surface area contributed by atoms with Crippen molar-refractivity contribution in [3.8, 4) is 11.6 Å². The van der Waals surface area contributed by atoms with E-state index in [-0.39, 0.29) is 11.8 Å². The van der Waals surface area contributed by atoms with Gasteiger partial charge < -0.3 is 4.74 Å². The van der Waals surface area contributed by atoms with Crippen molar-refractivity contribution >= 4 is 51.8 Å². The molecule has 0 atom stereocenters. The van der Waals surface area contributed by atoms with E-state index >= 15 is 0 Å². The van der Waals surface area contributed by atoms with Crippen molar-refractivity contribution < 1.29 is 4.74 Å². The fourth-order valence-corrected chi connectivity index (χ4v) is 2.21. The van der Waals surface area contributed by atoms with Crippen molar-refractivity contribution in [2.45, 2.75) is 0 Å². The van der Waals surface area contributed by atoms with Gasteiger partial charge in [0.15, 0.2) is 5.65 Å². The minimum atomic E-state index is 0.165. The lowest BCUT2D eigenvalue weighted by molar-refractivity contribution is 0.469. The Morgan fingerprint density at radius 3 is 2.62 bits per heavy atom. The van der Waals surface area contributed by atoms with Crippen LogP contribution in [0.2, 0.25) is 15.1 Å². The normalized spacial score (nSPS) is 10.9. The number of aromatic amines is 1. The van der Waals surface area contributed by atoms with Gasteiger partial charge in [0.25, 0.3) is 0 Å². The van der Waals surface area contributed by atoms with Crippen molar-refractivity contribution in [2.24, 2.45) is 5.84 Å². The summed E-state index contributed by atoms with van der Waals surface area (Å²) in [4.78, 5) is 8.20. The number of fused-ring (bicyclic) bond motifs is 1. The van der Waals surface area contributed by atoms with E-state index in [9.17, 15) is 0 Å². The average Bonchev–Trinajstić information content (AvgIpc) is 2.93. The van der Waals surface area contributed by atoms with E-state index in [1.165, 1.54) is 18.3 Å². The number of aromatic nitrogens is 4. The molecule has 1 aromatic carbocycles. The van der Waals surface area contributed by atoms with E-state index in [0.717, 1.165) is 0 Å². The third-order valence-corrected chi connectivity index (χ3v) is 3.60. The molecule has 7 nitrogen and oxygen atoms in total. The maximum Gasteiger partial charge on any atom is 0.242 e. The van der Waals surface area contributed by atoms with Gasteiger partial charge in [0.05, 0.1) is 21.3 Å². The van der Waals surface area contributed by atoms with Crippen LogP contribution in [0.15, 0.2) is 18.3 Å². The van der Waals surface area contributed by atoms with Crippen molar-refractivity contribution in [1.82, 2.24) is 20.2 Å². The maximum atomic E-state index is 6.07. The SMILES string of the molecule is NNc1nc(Oc2cc(Cl)c(Cl)cc2Cl)c2cn[nH]c2n1. The Balaban J connectivity index is 2.09. The number of H-pyrrole nitrogens is 1. The van der Waals surface area contributed by atoms with E-state index in [2.05, 4.69) is 25.6 Å². The molecular weight excluding hydrogens is 339 g/mol. The largest absolute Gasteiger partial charge is 0.436 e. The predicted octanol–water partition coefficient (Wildman–Crippen LogP) is 3.39. The zero-order chi connectivity index (χ0) is 15.0. The molecule has 108 valence electrons. The zero-order valence-electron chi connectivity index (χ0n) is 10.2. The number of hydrazine groups is 1. The van der Waals surface area contributed by atoms with Crippen LogP contribution in [0, 0.1) is 0 Å². The van der Waals surface area contributed by atoms with Crippen molar-refractivity contribution in [3.05, 3.63) is 33.4 Å². The van der Waals surface area contributed by atoms with Crippen LogP contribution < -0.4 is 16.0 Å². The van der Waals surface area contributed by atoms with E-state index in [4.69, 9.17) is 45.4 Å². The van der Waals surface area contributed by atoms with Gasteiger partial charge in [0.1, 0.15) is 11.1 Å². The highest BCUT2D eigenvalue weighted by Gasteiger charge is 2.14. The Morgan fingerprint density at radius 1 is 1.10 bits per heavy atom. The number of benzene rings is 1. The Kier molecular flexibility index (Phi) is 3.73. The number of rotatable bonds is 3. The van der Waals surface area contributed by atoms with Crippen LogP contribution in [-0.4, -0.2) is 20.2 Å². The number of hydrogen-bond donors (Lipinski definition) is 3. The average molecular weight is 346 g/mol. The van der Waals surface area contributed by atoms with Crippen molar-refractivity contribution in [1.29, 1.82) is 0 Å². The van der Waals surface area contributed by atoms with E-state index in [1.807, 2.05) is 0 Å². The molecular formula is C11H7Cl3N6O. The molecule has 0 aliphatic rings. The maximum absolute atomic E-state index is 6.07. The Hall–Kier alpha value is -1.80. The third-order valence-electron chi connectivity index (χ3n) is 2.59. The summed E-state index contributed by atoms with van der Waals surface area (Å²) < 4.78 is 5.68. The first-order valence-corrected chi connectivity index (χ1v) is 6.72. The molecule has 0 bridgehead atoms. The molecule has 0 amide bonds. The summed E-state index contributed by atoms with van der Waals surface area (Å²) in [6, 6.07) is 2.98. The molecule has 0 spiro atoms. The number of nitrogens with one attached hydrogen (secondary N) is 2. The minimum Gasteiger partial charge on any atom is -0.436 e. The second-order valence-electron chi connectivity index (χ2n) is 3.93. The van der Waals surface area contributed by atoms with Gasteiger partial charge in [-0.1, -0.05) is 34.8 Å². The fourth-order valence-electron chi connectivity index (χ4n) is 1.64. The van der Waals surface area contributed by atoms with Crippen LogP contribution in [-0.2, 0) is 0 Å². The number of nitrogens with two attached hydrogens (primary N) is 1. The molecule has 2 aromatic heterocycles. The Labute approximate surface area is 133 Å². The summed E-state index contributed by atoms with van der Waals surface area (Å²) in [6.07, 6.45) is 1.52. The highest BCUT2D eigenvalue weighted by Crippen LogP contribution is 2.37. The molecule has 0 aliphatic carbocycles. The minimum absolute atomic E-state index is 0.165. The van der Waals surface area contributed by atoms with Gasteiger partial charge in [-0.15, -0.1) is 0 Å². The summed E-state index contributed by atoms with van der Waals surface area (Å²) in [6.45, 7) is 0. The van der Waals surface area contributed by atoms with Crippen LogP contribution in [0.25, 0.3) is 11.0 Å². The summed E-state index contributed by atoms with van der Waals surface area (Å²) in [5, 5.41) is 8.07. The first kappa shape index (κ1) is 14.2. The summed E-state index contributed by atoms with van der Waals surface area (Å²) in [5.74, 6) is 6.01. The molecule has 4 N–H and O–H groups in total. The fraction of sp³-hybridized carbons (Fsp3) is 0. The van der Waals surface area contributed by atoms with Gasteiger partial charge in [0.2, 0.25) is 11.8 Å². The molecule has 0 aliphatic heterocycles. The monoisotopic (exact) mass is 344 g/mol. The molecule has 0 unspecified atom stereocenters. The quantitative estimate of drug-likeness (QED) is 0.382. The van der Waals surface area contributed by atoms with Crippen LogP contribution in [0.3, 0.4) is 0 Å². The van der Waals surface area contributed by atoms with Crippen LogP contribution in [0.5, 0.6) is 11.6 Å². The van der Waals surface area contributed by atoms with Gasteiger partial charge >= 0.3 is 0 Å². The lowest BCUT2D eigenvalue weighted by Crippen LogP contribution is -2.10.